The van der Waals surface area contributed by atoms with Crippen LogP contribution in [-0.2, 0) is 6.18 Å². The Labute approximate surface area is 156 Å². The predicted molar refractivity (Wildman–Crippen MR) is 92.9 cm³/mol. The number of nitrogens with zero attached hydrogens (tertiary/aromatic N) is 3. The first-order valence-electron chi connectivity index (χ1n) is 7.52. The number of rotatable bonds is 1. The van der Waals surface area contributed by atoms with Crippen LogP contribution in [0.3, 0.4) is 0 Å². The molecule has 2 N–H and O–H groups in total. The molecule has 0 spiro atoms. The summed E-state index contributed by atoms with van der Waals surface area (Å²) in [6.07, 6.45) is -3.29. The van der Waals surface area contributed by atoms with E-state index in [1.807, 2.05) is 0 Å². The third-order valence-electron chi connectivity index (χ3n) is 3.61. The number of aromatic nitrogens is 3. The lowest BCUT2D eigenvalue weighted by molar-refractivity contribution is -0.141. The summed E-state index contributed by atoms with van der Waals surface area (Å²) in [7, 11) is 0. The van der Waals surface area contributed by atoms with Crippen LogP contribution in [0.4, 0.5) is 23.4 Å². The molecule has 0 fully saturated rings. The molecule has 0 saturated carbocycles. The van der Waals surface area contributed by atoms with Crippen LogP contribution in [0.25, 0.3) is 5.69 Å². The zero-order valence-electron chi connectivity index (χ0n) is 13.8. The van der Waals surface area contributed by atoms with Gasteiger partial charge in [-0.05, 0) is 31.2 Å². The summed E-state index contributed by atoms with van der Waals surface area (Å²) in [6, 6.07) is 6.47. The van der Waals surface area contributed by atoms with Crippen LogP contribution in [-0.4, -0.2) is 14.8 Å². The summed E-state index contributed by atoms with van der Waals surface area (Å²) in [5.74, 6) is 4.67. The van der Waals surface area contributed by atoms with Gasteiger partial charge in [0, 0.05) is 5.69 Å². The molecule has 0 unspecified atom stereocenters. The fourth-order valence-corrected chi connectivity index (χ4v) is 2.51. The van der Waals surface area contributed by atoms with Gasteiger partial charge < -0.3 is 5.73 Å². The maximum atomic E-state index is 13.8. The Morgan fingerprint density at radius 1 is 1.19 bits per heavy atom. The van der Waals surface area contributed by atoms with E-state index in [1.165, 1.54) is 37.4 Å². The average molecular weight is 395 g/mol. The highest BCUT2D eigenvalue weighted by Crippen LogP contribution is 2.29. The Balaban J connectivity index is 2.05. The third kappa shape index (κ3) is 3.88. The number of benzene rings is 1. The highest BCUT2D eigenvalue weighted by molar-refractivity contribution is 6.31. The summed E-state index contributed by atoms with van der Waals surface area (Å²) in [4.78, 5) is 3.93. The van der Waals surface area contributed by atoms with Crippen molar-refractivity contribution in [3.8, 4) is 17.5 Å². The van der Waals surface area contributed by atoms with Gasteiger partial charge in [0.15, 0.2) is 5.69 Å². The Morgan fingerprint density at radius 3 is 2.56 bits per heavy atom. The van der Waals surface area contributed by atoms with Crippen LogP contribution < -0.4 is 5.73 Å². The monoisotopic (exact) mass is 394 g/mol. The van der Waals surface area contributed by atoms with Gasteiger partial charge in [-0.25, -0.2) is 14.1 Å². The first kappa shape index (κ1) is 18.7. The van der Waals surface area contributed by atoms with Gasteiger partial charge in [-0.1, -0.05) is 29.5 Å². The Kier molecular flexibility index (Phi) is 4.81. The normalized spacial score (nSPS) is 11.2. The number of anilines is 1. The van der Waals surface area contributed by atoms with E-state index in [1.54, 1.807) is 0 Å². The van der Waals surface area contributed by atoms with E-state index in [4.69, 9.17) is 17.3 Å². The number of alkyl halides is 3. The van der Waals surface area contributed by atoms with Crippen molar-refractivity contribution in [2.24, 2.45) is 0 Å². The summed E-state index contributed by atoms with van der Waals surface area (Å²) in [5, 5.41) is 3.68. The second-order valence-electron chi connectivity index (χ2n) is 5.55. The Bertz CT molecular complexity index is 1060. The smallest absolute Gasteiger partial charge is 0.383 e. The standard InChI is InChI=1S/C18H11ClF4N4/c1-10-7-16(18(21,22)23)26-27(10)12-8-11(17(24)25-9-12)5-6-13-14(19)3-2-4-15(13)20/h2-4,7-9H,1H3,(H2,24,25). The van der Waals surface area contributed by atoms with E-state index in [9.17, 15) is 17.6 Å². The maximum absolute atomic E-state index is 13.8. The molecule has 0 amide bonds. The molecule has 0 aliphatic carbocycles. The van der Waals surface area contributed by atoms with Gasteiger partial charge in [0.1, 0.15) is 11.6 Å². The largest absolute Gasteiger partial charge is 0.435 e. The summed E-state index contributed by atoms with van der Waals surface area (Å²) in [5.41, 5.74) is 5.43. The zero-order valence-corrected chi connectivity index (χ0v) is 14.5. The van der Waals surface area contributed by atoms with Crippen molar-refractivity contribution in [1.29, 1.82) is 0 Å². The van der Waals surface area contributed by atoms with E-state index < -0.39 is 17.7 Å². The molecule has 3 aromatic rings. The SMILES string of the molecule is Cc1cc(C(F)(F)F)nn1-c1cnc(N)c(C#Cc2c(F)cccc2Cl)c1. The number of aryl methyl sites for hydroxylation is 1. The van der Waals surface area contributed by atoms with Gasteiger partial charge in [-0.15, -0.1) is 0 Å². The van der Waals surface area contributed by atoms with E-state index in [2.05, 4.69) is 21.9 Å². The van der Waals surface area contributed by atoms with Crippen molar-refractivity contribution in [2.45, 2.75) is 13.1 Å². The Morgan fingerprint density at radius 2 is 1.93 bits per heavy atom. The van der Waals surface area contributed by atoms with E-state index >= 15 is 0 Å². The molecule has 3 rings (SSSR count). The highest BCUT2D eigenvalue weighted by Gasteiger charge is 2.34. The minimum Gasteiger partial charge on any atom is -0.383 e. The molecule has 0 aliphatic heterocycles. The highest BCUT2D eigenvalue weighted by atomic mass is 35.5. The molecule has 0 atom stereocenters. The molecular formula is C18H11ClF4N4. The summed E-state index contributed by atoms with van der Waals surface area (Å²) < 4.78 is 53.4. The first-order valence-corrected chi connectivity index (χ1v) is 7.90. The quantitative estimate of drug-likeness (QED) is 0.492. The van der Waals surface area contributed by atoms with Crippen molar-refractivity contribution in [3.05, 3.63) is 69.9 Å². The van der Waals surface area contributed by atoms with Crippen molar-refractivity contribution in [2.75, 3.05) is 5.73 Å². The minimum absolute atomic E-state index is 0.0152. The van der Waals surface area contributed by atoms with Crippen molar-refractivity contribution >= 4 is 17.4 Å². The number of hydrogen-bond acceptors (Lipinski definition) is 3. The van der Waals surface area contributed by atoms with Crippen molar-refractivity contribution in [1.82, 2.24) is 14.8 Å². The van der Waals surface area contributed by atoms with E-state index in [0.717, 1.165) is 10.7 Å². The summed E-state index contributed by atoms with van der Waals surface area (Å²) >= 11 is 5.92. The molecule has 0 aliphatic rings. The van der Waals surface area contributed by atoms with Gasteiger partial charge in [0.25, 0.3) is 0 Å². The Hall–Kier alpha value is -3.05. The van der Waals surface area contributed by atoms with Crippen LogP contribution in [0.15, 0.2) is 36.5 Å². The number of hydrogen-bond donors (Lipinski definition) is 1. The molecule has 0 saturated heterocycles. The average Bonchev–Trinajstić information content (AvgIpc) is 2.98. The van der Waals surface area contributed by atoms with Crippen molar-refractivity contribution < 1.29 is 17.6 Å². The maximum Gasteiger partial charge on any atom is 0.435 e. The molecule has 2 heterocycles. The van der Waals surface area contributed by atoms with E-state index in [-0.39, 0.29) is 33.3 Å². The molecule has 138 valence electrons. The lowest BCUT2D eigenvalue weighted by atomic mass is 10.2. The lowest BCUT2D eigenvalue weighted by Crippen LogP contribution is -2.08. The second kappa shape index (κ2) is 6.93. The minimum atomic E-state index is -4.57. The van der Waals surface area contributed by atoms with Crippen LogP contribution in [0.1, 0.15) is 22.5 Å². The molecule has 0 bridgehead atoms. The number of halogens is 5. The van der Waals surface area contributed by atoms with E-state index in [0.29, 0.717) is 0 Å². The van der Waals surface area contributed by atoms with Crippen LogP contribution in [0.2, 0.25) is 5.02 Å². The third-order valence-corrected chi connectivity index (χ3v) is 3.93. The summed E-state index contributed by atoms with van der Waals surface area (Å²) in [6.45, 7) is 1.48. The molecule has 9 heteroatoms. The van der Waals surface area contributed by atoms with Gasteiger partial charge in [0.05, 0.1) is 28.0 Å². The molecule has 4 nitrogen and oxygen atoms in total. The molecule has 27 heavy (non-hydrogen) atoms. The predicted octanol–water partition coefficient (Wildman–Crippen LogP) is 4.37. The van der Waals surface area contributed by atoms with Gasteiger partial charge in [0.2, 0.25) is 0 Å². The fourth-order valence-electron chi connectivity index (χ4n) is 2.30. The second-order valence-corrected chi connectivity index (χ2v) is 5.96. The zero-order chi connectivity index (χ0) is 19.8. The number of nitrogens with two attached hydrogens (primary N) is 1. The molecule has 0 radical (unpaired) electrons. The molecular weight excluding hydrogens is 384 g/mol. The topological polar surface area (TPSA) is 56.7 Å². The molecule has 2 aromatic heterocycles. The first-order chi connectivity index (χ1) is 12.7. The van der Waals surface area contributed by atoms with Crippen LogP contribution in [0, 0.1) is 24.6 Å². The van der Waals surface area contributed by atoms with Crippen LogP contribution >= 0.6 is 11.6 Å². The number of nitrogen functional groups attached to an aromatic ring is 1. The molecule has 1 aromatic carbocycles. The van der Waals surface area contributed by atoms with Gasteiger partial charge >= 0.3 is 6.18 Å². The lowest BCUT2D eigenvalue weighted by Gasteiger charge is -2.06. The van der Waals surface area contributed by atoms with Crippen molar-refractivity contribution in [3.63, 3.8) is 0 Å². The van der Waals surface area contributed by atoms with Gasteiger partial charge in [-0.2, -0.15) is 18.3 Å². The number of pyridine rings is 1. The fraction of sp³-hybridized carbons (Fsp3) is 0.111. The van der Waals surface area contributed by atoms with Crippen LogP contribution in [0.5, 0.6) is 0 Å². The van der Waals surface area contributed by atoms with Gasteiger partial charge in [-0.3, -0.25) is 0 Å².